The molecule has 90 valence electrons. The van der Waals surface area contributed by atoms with Gasteiger partial charge in [-0.1, -0.05) is 32.0 Å². The summed E-state index contributed by atoms with van der Waals surface area (Å²) in [4.78, 5) is 4.30. The second kappa shape index (κ2) is 4.57. The molecule has 2 rings (SSSR count). The van der Waals surface area contributed by atoms with E-state index in [2.05, 4.69) is 30.9 Å². The predicted octanol–water partition coefficient (Wildman–Crippen LogP) is 3.08. The SMILES string of the molecule is CC(C)C(C)c1noc(N)c1-c1ccccn1. The number of pyridine rings is 1. The summed E-state index contributed by atoms with van der Waals surface area (Å²) in [5.74, 6) is 1.10. The van der Waals surface area contributed by atoms with Gasteiger partial charge in [-0.05, 0) is 18.1 Å². The van der Waals surface area contributed by atoms with Crippen LogP contribution in [0.5, 0.6) is 0 Å². The molecule has 0 aliphatic rings. The standard InChI is InChI=1S/C13H17N3O/c1-8(2)9(3)12-11(13(14)17-16-12)10-6-4-5-7-15-10/h4-9H,14H2,1-3H3. The number of hydrogen-bond donors (Lipinski definition) is 1. The Morgan fingerprint density at radius 3 is 2.59 bits per heavy atom. The maximum absolute atomic E-state index is 5.84. The first-order valence-electron chi connectivity index (χ1n) is 5.77. The van der Waals surface area contributed by atoms with Gasteiger partial charge in [0.25, 0.3) is 0 Å². The maximum atomic E-state index is 5.84. The van der Waals surface area contributed by atoms with Crippen molar-refractivity contribution in [2.24, 2.45) is 5.92 Å². The Hall–Kier alpha value is -1.84. The molecule has 0 radical (unpaired) electrons. The van der Waals surface area contributed by atoms with Gasteiger partial charge in [-0.25, -0.2) is 0 Å². The molecule has 0 aliphatic carbocycles. The summed E-state index contributed by atoms with van der Waals surface area (Å²) in [6, 6.07) is 5.72. The summed E-state index contributed by atoms with van der Waals surface area (Å²) >= 11 is 0. The molecule has 0 bridgehead atoms. The van der Waals surface area contributed by atoms with Crippen molar-refractivity contribution in [3.63, 3.8) is 0 Å². The van der Waals surface area contributed by atoms with Crippen LogP contribution in [-0.2, 0) is 0 Å². The Balaban J connectivity index is 2.51. The van der Waals surface area contributed by atoms with Crippen LogP contribution in [0.4, 0.5) is 5.88 Å². The molecule has 2 N–H and O–H groups in total. The molecule has 4 heteroatoms. The Kier molecular flexibility index (Phi) is 3.13. The summed E-state index contributed by atoms with van der Waals surface area (Å²) in [5.41, 5.74) is 8.37. The van der Waals surface area contributed by atoms with Crippen molar-refractivity contribution in [2.75, 3.05) is 5.73 Å². The van der Waals surface area contributed by atoms with E-state index in [1.165, 1.54) is 0 Å². The third-order valence-corrected chi connectivity index (χ3v) is 3.10. The topological polar surface area (TPSA) is 64.9 Å². The summed E-state index contributed by atoms with van der Waals surface area (Å²) < 4.78 is 5.11. The average molecular weight is 231 g/mol. The van der Waals surface area contributed by atoms with Crippen molar-refractivity contribution < 1.29 is 4.52 Å². The molecule has 0 fully saturated rings. The minimum absolute atomic E-state index is 0.285. The number of nitrogen functional groups attached to an aromatic ring is 1. The van der Waals surface area contributed by atoms with E-state index in [-0.39, 0.29) is 5.92 Å². The average Bonchev–Trinajstić information content (AvgIpc) is 2.71. The molecule has 0 saturated carbocycles. The zero-order chi connectivity index (χ0) is 12.4. The fraction of sp³-hybridized carbons (Fsp3) is 0.385. The number of nitrogens with two attached hydrogens (primary N) is 1. The molecule has 0 amide bonds. The van der Waals surface area contributed by atoms with Crippen molar-refractivity contribution in [1.29, 1.82) is 0 Å². The van der Waals surface area contributed by atoms with Crippen molar-refractivity contribution in [1.82, 2.24) is 10.1 Å². The molecule has 4 nitrogen and oxygen atoms in total. The van der Waals surface area contributed by atoms with Gasteiger partial charge in [-0.3, -0.25) is 4.98 Å². The number of nitrogens with zero attached hydrogens (tertiary/aromatic N) is 2. The zero-order valence-electron chi connectivity index (χ0n) is 10.3. The smallest absolute Gasteiger partial charge is 0.231 e. The van der Waals surface area contributed by atoms with E-state index in [4.69, 9.17) is 10.3 Å². The fourth-order valence-electron chi connectivity index (χ4n) is 1.71. The summed E-state index contributed by atoms with van der Waals surface area (Å²) in [6.07, 6.45) is 1.74. The minimum Gasteiger partial charge on any atom is -0.367 e. The maximum Gasteiger partial charge on any atom is 0.231 e. The van der Waals surface area contributed by atoms with Gasteiger partial charge in [0.2, 0.25) is 5.88 Å². The summed E-state index contributed by atoms with van der Waals surface area (Å²) in [5, 5.41) is 4.07. The third kappa shape index (κ3) is 2.16. The van der Waals surface area contributed by atoms with E-state index in [1.54, 1.807) is 6.20 Å². The highest BCUT2D eigenvalue weighted by Crippen LogP contribution is 2.35. The third-order valence-electron chi connectivity index (χ3n) is 3.10. The predicted molar refractivity (Wildman–Crippen MR) is 67.4 cm³/mol. The lowest BCUT2D eigenvalue weighted by molar-refractivity contribution is 0.407. The van der Waals surface area contributed by atoms with E-state index >= 15 is 0 Å². The second-order valence-electron chi connectivity index (χ2n) is 4.55. The molecule has 1 atom stereocenters. The van der Waals surface area contributed by atoms with Crippen molar-refractivity contribution >= 4 is 5.88 Å². The van der Waals surface area contributed by atoms with E-state index in [0.29, 0.717) is 11.8 Å². The van der Waals surface area contributed by atoms with Gasteiger partial charge >= 0.3 is 0 Å². The van der Waals surface area contributed by atoms with Crippen molar-refractivity contribution in [3.05, 3.63) is 30.1 Å². The molecule has 1 unspecified atom stereocenters. The lowest BCUT2D eigenvalue weighted by Gasteiger charge is -2.13. The first-order valence-corrected chi connectivity index (χ1v) is 5.77. The highest BCUT2D eigenvalue weighted by Gasteiger charge is 2.23. The number of anilines is 1. The van der Waals surface area contributed by atoms with Crippen LogP contribution in [-0.4, -0.2) is 10.1 Å². The van der Waals surface area contributed by atoms with Crippen molar-refractivity contribution in [3.8, 4) is 11.3 Å². The summed E-state index contributed by atoms with van der Waals surface area (Å²) in [6.45, 7) is 6.42. The molecule has 0 aliphatic heterocycles. The highest BCUT2D eigenvalue weighted by molar-refractivity contribution is 5.72. The van der Waals surface area contributed by atoms with E-state index in [0.717, 1.165) is 17.0 Å². The van der Waals surface area contributed by atoms with Gasteiger partial charge in [0.15, 0.2) is 0 Å². The lowest BCUT2D eigenvalue weighted by atomic mass is 9.91. The van der Waals surface area contributed by atoms with Crippen LogP contribution in [0.2, 0.25) is 0 Å². The van der Waals surface area contributed by atoms with Crippen LogP contribution >= 0.6 is 0 Å². The van der Waals surface area contributed by atoms with Crippen molar-refractivity contribution in [2.45, 2.75) is 26.7 Å². The Morgan fingerprint density at radius 1 is 1.24 bits per heavy atom. The monoisotopic (exact) mass is 231 g/mol. The fourth-order valence-corrected chi connectivity index (χ4v) is 1.71. The highest BCUT2D eigenvalue weighted by atomic mass is 16.5. The quantitative estimate of drug-likeness (QED) is 0.881. The number of aromatic nitrogens is 2. The van der Waals surface area contributed by atoms with Gasteiger partial charge in [0.1, 0.15) is 0 Å². The van der Waals surface area contributed by atoms with E-state index < -0.39 is 0 Å². The summed E-state index contributed by atoms with van der Waals surface area (Å²) in [7, 11) is 0. The Bertz CT molecular complexity index is 491. The normalized spacial score (nSPS) is 12.9. The van der Waals surface area contributed by atoms with Crippen LogP contribution < -0.4 is 5.73 Å². The van der Waals surface area contributed by atoms with Gasteiger partial charge in [0, 0.05) is 12.1 Å². The molecule has 0 saturated heterocycles. The molecule has 2 heterocycles. The number of rotatable bonds is 3. The molecule has 0 aromatic carbocycles. The zero-order valence-corrected chi connectivity index (χ0v) is 10.3. The van der Waals surface area contributed by atoms with Gasteiger partial charge in [-0.15, -0.1) is 0 Å². The van der Waals surface area contributed by atoms with E-state index in [9.17, 15) is 0 Å². The molecule has 17 heavy (non-hydrogen) atoms. The van der Waals surface area contributed by atoms with Gasteiger partial charge in [-0.2, -0.15) is 0 Å². The Morgan fingerprint density at radius 2 is 2.00 bits per heavy atom. The second-order valence-corrected chi connectivity index (χ2v) is 4.55. The first-order chi connectivity index (χ1) is 8.11. The van der Waals surface area contributed by atoms with Crippen LogP contribution in [0.1, 0.15) is 32.4 Å². The first kappa shape index (κ1) is 11.6. The molecule has 2 aromatic rings. The molecule has 2 aromatic heterocycles. The van der Waals surface area contributed by atoms with E-state index in [1.807, 2.05) is 18.2 Å². The lowest BCUT2D eigenvalue weighted by Crippen LogP contribution is -2.04. The van der Waals surface area contributed by atoms with Crippen LogP contribution in [0.15, 0.2) is 28.9 Å². The largest absolute Gasteiger partial charge is 0.367 e. The Labute approximate surface area is 101 Å². The van der Waals surface area contributed by atoms with Gasteiger partial charge < -0.3 is 10.3 Å². The van der Waals surface area contributed by atoms with Crippen LogP contribution in [0, 0.1) is 5.92 Å². The molecular weight excluding hydrogens is 214 g/mol. The van der Waals surface area contributed by atoms with Crippen LogP contribution in [0.3, 0.4) is 0 Å². The minimum atomic E-state index is 0.285. The van der Waals surface area contributed by atoms with Gasteiger partial charge in [0.05, 0.1) is 17.0 Å². The number of hydrogen-bond acceptors (Lipinski definition) is 4. The molecular formula is C13H17N3O. The molecule has 0 spiro atoms. The van der Waals surface area contributed by atoms with Crippen LogP contribution in [0.25, 0.3) is 11.3 Å².